The molecule has 25 heavy (non-hydrogen) atoms. The van der Waals surface area contributed by atoms with Crippen LogP contribution in [0.3, 0.4) is 0 Å². The van der Waals surface area contributed by atoms with E-state index in [4.69, 9.17) is 0 Å². The van der Waals surface area contributed by atoms with Gasteiger partial charge in [0.05, 0.1) is 18.2 Å². The molecule has 0 aliphatic carbocycles. The quantitative estimate of drug-likeness (QED) is 0.811. The van der Waals surface area contributed by atoms with Gasteiger partial charge in [0.25, 0.3) is 5.91 Å². The number of hydrogen-bond acceptors (Lipinski definition) is 4. The van der Waals surface area contributed by atoms with Gasteiger partial charge in [0.1, 0.15) is 5.82 Å². The second-order valence-electron chi connectivity index (χ2n) is 6.81. The Hall–Kier alpha value is -2.37. The zero-order valence-electron chi connectivity index (χ0n) is 15.3. The molecule has 134 valence electrons. The summed E-state index contributed by atoms with van der Waals surface area (Å²) >= 11 is 0. The van der Waals surface area contributed by atoms with E-state index in [9.17, 15) is 4.79 Å². The van der Waals surface area contributed by atoms with E-state index in [0.29, 0.717) is 11.6 Å². The molecule has 1 amide bonds. The third-order valence-electron chi connectivity index (χ3n) is 4.85. The van der Waals surface area contributed by atoms with Crippen molar-refractivity contribution in [2.75, 3.05) is 18.0 Å². The second-order valence-corrected chi connectivity index (χ2v) is 6.81. The number of hydrogen-bond donors (Lipinski definition) is 0. The van der Waals surface area contributed by atoms with Gasteiger partial charge in [0.15, 0.2) is 0 Å². The summed E-state index contributed by atoms with van der Waals surface area (Å²) in [5.74, 6) is 0.991. The van der Waals surface area contributed by atoms with Crippen LogP contribution in [0.25, 0.3) is 0 Å². The van der Waals surface area contributed by atoms with Crippen LogP contribution in [0.4, 0.5) is 5.82 Å². The molecule has 0 spiro atoms. The summed E-state index contributed by atoms with van der Waals surface area (Å²) in [6, 6.07) is 6.36. The molecule has 1 atom stereocenters. The predicted molar refractivity (Wildman–Crippen MR) is 98.7 cm³/mol. The Balaban J connectivity index is 1.71. The summed E-state index contributed by atoms with van der Waals surface area (Å²) in [7, 11) is 0. The molecule has 6 heteroatoms. The Morgan fingerprint density at radius 2 is 2.24 bits per heavy atom. The highest BCUT2D eigenvalue weighted by atomic mass is 16.2. The van der Waals surface area contributed by atoms with Gasteiger partial charge in [-0.25, -0.2) is 4.98 Å². The summed E-state index contributed by atoms with van der Waals surface area (Å²) in [6.45, 7) is 8.87. The smallest absolute Gasteiger partial charge is 0.255 e. The lowest BCUT2D eigenvalue weighted by atomic mass is 10.2. The average Bonchev–Trinajstić information content (AvgIpc) is 3.27. The first-order valence-corrected chi connectivity index (χ1v) is 9.11. The van der Waals surface area contributed by atoms with Crippen LogP contribution in [0.2, 0.25) is 0 Å². The largest absolute Gasteiger partial charge is 0.354 e. The first-order valence-electron chi connectivity index (χ1n) is 9.11. The first kappa shape index (κ1) is 17.5. The van der Waals surface area contributed by atoms with E-state index in [-0.39, 0.29) is 11.9 Å². The molecule has 0 bridgehead atoms. The first-order chi connectivity index (χ1) is 12.1. The number of rotatable bonds is 6. The number of pyridine rings is 1. The van der Waals surface area contributed by atoms with Crippen LogP contribution >= 0.6 is 0 Å². The van der Waals surface area contributed by atoms with Crippen molar-refractivity contribution in [1.82, 2.24) is 19.7 Å². The Kier molecular flexibility index (Phi) is 5.36. The van der Waals surface area contributed by atoms with Crippen molar-refractivity contribution in [3.63, 3.8) is 0 Å². The van der Waals surface area contributed by atoms with Crippen LogP contribution in [0.1, 0.15) is 44.0 Å². The Morgan fingerprint density at radius 3 is 2.84 bits per heavy atom. The highest BCUT2D eigenvalue weighted by molar-refractivity contribution is 5.94. The van der Waals surface area contributed by atoms with Gasteiger partial charge in [0, 0.05) is 37.7 Å². The van der Waals surface area contributed by atoms with Gasteiger partial charge < -0.3 is 9.80 Å². The lowest BCUT2D eigenvalue weighted by Crippen LogP contribution is -2.38. The third kappa shape index (κ3) is 3.83. The number of amides is 1. The molecular formula is C19H27N5O. The molecule has 2 aromatic rings. The van der Waals surface area contributed by atoms with Gasteiger partial charge in [-0.15, -0.1) is 0 Å². The van der Waals surface area contributed by atoms with Crippen LogP contribution in [-0.4, -0.2) is 50.7 Å². The van der Waals surface area contributed by atoms with E-state index in [0.717, 1.165) is 38.3 Å². The van der Waals surface area contributed by atoms with Crippen LogP contribution in [0.15, 0.2) is 36.8 Å². The average molecular weight is 341 g/mol. The Morgan fingerprint density at radius 1 is 1.40 bits per heavy atom. The molecule has 6 nitrogen and oxygen atoms in total. The summed E-state index contributed by atoms with van der Waals surface area (Å²) in [5, 5.41) is 4.26. The van der Waals surface area contributed by atoms with Gasteiger partial charge in [0.2, 0.25) is 0 Å². The molecule has 3 heterocycles. The Bertz CT molecular complexity index is 680. The maximum absolute atomic E-state index is 12.9. The van der Waals surface area contributed by atoms with E-state index in [1.54, 1.807) is 12.4 Å². The molecule has 1 saturated heterocycles. The van der Waals surface area contributed by atoms with E-state index in [1.165, 1.54) is 0 Å². The standard InChI is InChI=1S/C19H27N5O/c1-4-23(15(2)3)18-9-8-16(13-20-18)19(25)24-12-5-7-17(24)14-22-11-6-10-21-22/h6,8-11,13,15,17H,4-5,7,12,14H2,1-3H3/t17-/m0/s1. The fourth-order valence-corrected chi connectivity index (χ4v) is 3.56. The fourth-order valence-electron chi connectivity index (χ4n) is 3.56. The van der Waals surface area contributed by atoms with Crippen molar-refractivity contribution >= 4 is 11.7 Å². The zero-order chi connectivity index (χ0) is 17.8. The van der Waals surface area contributed by atoms with Crippen molar-refractivity contribution < 1.29 is 4.79 Å². The minimum Gasteiger partial charge on any atom is -0.354 e. The van der Waals surface area contributed by atoms with Gasteiger partial charge in [-0.05, 0) is 51.8 Å². The van der Waals surface area contributed by atoms with Crippen molar-refractivity contribution in [1.29, 1.82) is 0 Å². The van der Waals surface area contributed by atoms with Gasteiger partial charge in [-0.1, -0.05) is 0 Å². The molecule has 1 aliphatic heterocycles. The fraction of sp³-hybridized carbons (Fsp3) is 0.526. The molecule has 0 aromatic carbocycles. The normalized spacial score (nSPS) is 17.3. The molecule has 1 aliphatic rings. The van der Waals surface area contributed by atoms with Crippen LogP contribution in [0.5, 0.6) is 0 Å². The monoisotopic (exact) mass is 341 g/mol. The summed E-state index contributed by atoms with van der Waals surface area (Å²) < 4.78 is 1.90. The molecule has 2 aromatic heterocycles. The zero-order valence-corrected chi connectivity index (χ0v) is 15.3. The lowest BCUT2D eigenvalue weighted by Gasteiger charge is -2.27. The van der Waals surface area contributed by atoms with E-state index in [2.05, 4.69) is 35.8 Å². The minimum atomic E-state index is 0.0706. The number of carbonyl (C=O) groups is 1. The van der Waals surface area contributed by atoms with Crippen LogP contribution in [-0.2, 0) is 6.54 Å². The number of anilines is 1. The second kappa shape index (κ2) is 7.68. The topological polar surface area (TPSA) is 54.3 Å². The number of aromatic nitrogens is 3. The lowest BCUT2D eigenvalue weighted by molar-refractivity contribution is 0.0721. The highest BCUT2D eigenvalue weighted by Crippen LogP contribution is 2.22. The molecule has 0 saturated carbocycles. The minimum absolute atomic E-state index is 0.0706. The maximum atomic E-state index is 12.9. The SMILES string of the molecule is CCN(c1ccc(C(=O)N2CCC[C@H]2Cn2cccn2)cn1)C(C)C. The molecule has 0 radical (unpaired) electrons. The molecule has 0 N–H and O–H groups in total. The summed E-state index contributed by atoms with van der Waals surface area (Å²) in [4.78, 5) is 21.6. The summed E-state index contributed by atoms with van der Waals surface area (Å²) in [6.07, 6.45) is 7.50. The van der Waals surface area contributed by atoms with Crippen molar-refractivity contribution in [2.45, 2.75) is 52.2 Å². The summed E-state index contributed by atoms with van der Waals surface area (Å²) in [5.41, 5.74) is 0.663. The van der Waals surface area contributed by atoms with E-state index < -0.39 is 0 Å². The van der Waals surface area contributed by atoms with Gasteiger partial charge in [-0.3, -0.25) is 9.48 Å². The number of nitrogens with zero attached hydrogens (tertiary/aromatic N) is 5. The molecule has 0 unspecified atom stereocenters. The van der Waals surface area contributed by atoms with Gasteiger partial charge in [-0.2, -0.15) is 5.10 Å². The molecule has 1 fully saturated rings. The maximum Gasteiger partial charge on any atom is 0.255 e. The van der Waals surface area contributed by atoms with Crippen LogP contribution in [0, 0.1) is 0 Å². The third-order valence-corrected chi connectivity index (χ3v) is 4.85. The Labute approximate surface area is 149 Å². The number of likely N-dealkylation sites (tertiary alicyclic amines) is 1. The van der Waals surface area contributed by atoms with Crippen molar-refractivity contribution in [3.05, 3.63) is 42.4 Å². The van der Waals surface area contributed by atoms with Gasteiger partial charge >= 0.3 is 0 Å². The van der Waals surface area contributed by atoms with E-state index >= 15 is 0 Å². The van der Waals surface area contributed by atoms with E-state index in [1.807, 2.05) is 34.0 Å². The van der Waals surface area contributed by atoms with Crippen molar-refractivity contribution in [2.24, 2.45) is 0 Å². The van der Waals surface area contributed by atoms with Crippen molar-refractivity contribution in [3.8, 4) is 0 Å². The highest BCUT2D eigenvalue weighted by Gasteiger charge is 2.30. The van der Waals surface area contributed by atoms with Crippen LogP contribution < -0.4 is 4.90 Å². The predicted octanol–water partition coefficient (Wildman–Crippen LogP) is 2.82. The number of carbonyl (C=O) groups excluding carboxylic acids is 1. The molecular weight excluding hydrogens is 314 g/mol. The molecule has 3 rings (SSSR count).